The van der Waals surface area contributed by atoms with E-state index >= 15 is 0 Å². The lowest BCUT2D eigenvalue weighted by atomic mass is 10.1. The van der Waals surface area contributed by atoms with Crippen LogP contribution in [-0.4, -0.2) is 40.4 Å². The third-order valence-corrected chi connectivity index (χ3v) is 3.15. The van der Waals surface area contributed by atoms with Gasteiger partial charge in [-0.1, -0.05) is 0 Å². The van der Waals surface area contributed by atoms with Crippen molar-refractivity contribution >= 4 is 5.96 Å². The molecular formula is C14H21N3O3. The molecule has 0 saturated heterocycles. The number of ether oxygens (including phenoxy) is 3. The first-order valence-corrected chi connectivity index (χ1v) is 6.59. The summed E-state index contributed by atoms with van der Waals surface area (Å²) < 4.78 is 16.1. The summed E-state index contributed by atoms with van der Waals surface area (Å²) in [4.78, 5) is 4.38. The number of nitrogens with zero attached hydrogens (tertiary/aromatic N) is 1. The molecule has 2 N–H and O–H groups in total. The van der Waals surface area contributed by atoms with Crippen LogP contribution in [0, 0.1) is 0 Å². The molecule has 0 saturated carbocycles. The van der Waals surface area contributed by atoms with Gasteiger partial charge in [0.1, 0.15) is 17.2 Å². The van der Waals surface area contributed by atoms with Crippen molar-refractivity contribution in [2.75, 3.05) is 34.4 Å². The second kappa shape index (κ2) is 6.88. The minimum Gasteiger partial charge on any atom is -0.496 e. The number of hydrogen-bond donors (Lipinski definition) is 2. The second-order valence-electron chi connectivity index (χ2n) is 4.37. The number of aliphatic imine (C=N–C) groups is 1. The molecule has 0 spiro atoms. The fraction of sp³-hybridized carbons (Fsp3) is 0.500. The van der Waals surface area contributed by atoms with Gasteiger partial charge in [0.15, 0.2) is 5.96 Å². The van der Waals surface area contributed by atoms with Gasteiger partial charge in [0.2, 0.25) is 0 Å². The first-order chi connectivity index (χ1) is 9.78. The number of hydrogen-bond acceptors (Lipinski definition) is 6. The van der Waals surface area contributed by atoms with E-state index in [1.807, 2.05) is 12.1 Å². The lowest BCUT2D eigenvalue weighted by molar-refractivity contribution is 0.368. The maximum absolute atomic E-state index is 5.41. The normalized spacial score (nSPS) is 14.1. The predicted molar refractivity (Wildman–Crippen MR) is 77.9 cm³/mol. The van der Waals surface area contributed by atoms with Gasteiger partial charge in [-0.3, -0.25) is 4.99 Å². The largest absolute Gasteiger partial charge is 0.496 e. The third kappa shape index (κ3) is 3.26. The fourth-order valence-electron chi connectivity index (χ4n) is 2.08. The van der Waals surface area contributed by atoms with Gasteiger partial charge in [-0.15, -0.1) is 0 Å². The van der Waals surface area contributed by atoms with Crippen LogP contribution in [0.4, 0.5) is 0 Å². The van der Waals surface area contributed by atoms with Crippen molar-refractivity contribution in [1.29, 1.82) is 0 Å². The van der Waals surface area contributed by atoms with Crippen LogP contribution in [0.5, 0.6) is 17.2 Å². The standard InChI is InChI=1S/C14H21N3O3/c1-18-10-7-12(19-2)11(13(8-10)20-3)9-17-14-15-5-4-6-16-14/h7-8H,4-6,9H2,1-3H3,(H2,15,16,17). The maximum Gasteiger partial charge on any atom is 0.191 e. The molecule has 0 fully saturated rings. The third-order valence-electron chi connectivity index (χ3n) is 3.15. The Morgan fingerprint density at radius 1 is 1.15 bits per heavy atom. The topological polar surface area (TPSA) is 64.1 Å². The first-order valence-electron chi connectivity index (χ1n) is 6.59. The molecule has 6 heteroatoms. The molecule has 0 radical (unpaired) electrons. The predicted octanol–water partition coefficient (Wildman–Crippen LogP) is 1.15. The van der Waals surface area contributed by atoms with Crippen LogP contribution in [0.3, 0.4) is 0 Å². The Labute approximate surface area is 119 Å². The van der Waals surface area contributed by atoms with Crippen LogP contribution in [0.15, 0.2) is 17.1 Å². The summed E-state index contributed by atoms with van der Waals surface area (Å²) in [6, 6.07) is 3.69. The van der Waals surface area contributed by atoms with Crippen molar-refractivity contribution in [2.24, 2.45) is 4.99 Å². The molecule has 20 heavy (non-hydrogen) atoms. The highest BCUT2D eigenvalue weighted by Crippen LogP contribution is 2.33. The Morgan fingerprint density at radius 3 is 2.35 bits per heavy atom. The van der Waals surface area contributed by atoms with Gasteiger partial charge >= 0.3 is 0 Å². The number of rotatable bonds is 5. The molecule has 1 heterocycles. The lowest BCUT2D eigenvalue weighted by Crippen LogP contribution is -2.40. The highest BCUT2D eigenvalue weighted by molar-refractivity contribution is 5.80. The summed E-state index contributed by atoms with van der Waals surface area (Å²) >= 11 is 0. The van der Waals surface area contributed by atoms with Gasteiger partial charge < -0.3 is 24.8 Å². The molecule has 2 rings (SSSR count). The Balaban J connectivity index is 2.18. The van der Waals surface area contributed by atoms with E-state index in [9.17, 15) is 0 Å². The van der Waals surface area contributed by atoms with Gasteiger partial charge in [0, 0.05) is 25.2 Å². The van der Waals surface area contributed by atoms with Gasteiger partial charge in [-0.25, -0.2) is 0 Å². The molecule has 0 aromatic heterocycles. The number of nitrogens with one attached hydrogen (secondary N) is 2. The molecule has 0 atom stereocenters. The molecule has 0 bridgehead atoms. The molecule has 1 aliphatic rings. The Morgan fingerprint density at radius 2 is 1.85 bits per heavy atom. The van der Waals surface area contributed by atoms with E-state index in [2.05, 4.69) is 15.6 Å². The highest BCUT2D eigenvalue weighted by atomic mass is 16.5. The van der Waals surface area contributed by atoms with Gasteiger partial charge in [0.25, 0.3) is 0 Å². The zero-order chi connectivity index (χ0) is 14.4. The van der Waals surface area contributed by atoms with Crippen LogP contribution in [-0.2, 0) is 6.54 Å². The van der Waals surface area contributed by atoms with Crippen molar-refractivity contribution in [3.05, 3.63) is 17.7 Å². The summed E-state index contributed by atoms with van der Waals surface area (Å²) in [7, 11) is 4.88. The van der Waals surface area contributed by atoms with Crippen LogP contribution >= 0.6 is 0 Å². The van der Waals surface area contributed by atoms with E-state index in [1.165, 1.54) is 0 Å². The molecule has 0 amide bonds. The Kier molecular flexibility index (Phi) is 4.92. The Hall–Kier alpha value is -2.11. The summed E-state index contributed by atoms with van der Waals surface area (Å²) in [5.41, 5.74) is 0.936. The average molecular weight is 279 g/mol. The molecule has 6 nitrogen and oxygen atoms in total. The molecule has 0 unspecified atom stereocenters. The van der Waals surface area contributed by atoms with Crippen molar-refractivity contribution in [3.63, 3.8) is 0 Å². The number of guanidine groups is 1. The van der Waals surface area contributed by atoms with E-state index in [0.29, 0.717) is 12.3 Å². The zero-order valence-corrected chi connectivity index (χ0v) is 12.2. The van der Waals surface area contributed by atoms with Crippen molar-refractivity contribution < 1.29 is 14.2 Å². The Bertz CT molecular complexity index is 464. The van der Waals surface area contributed by atoms with Crippen molar-refractivity contribution in [2.45, 2.75) is 13.0 Å². The van der Waals surface area contributed by atoms with Crippen LogP contribution < -0.4 is 24.8 Å². The number of benzene rings is 1. The summed E-state index contributed by atoms with van der Waals surface area (Å²) in [6.07, 6.45) is 1.07. The molecule has 0 aliphatic carbocycles. The smallest absolute Gasteiger partial charge is 0.191 e. The molecule has 1 aromatic rings. The summed E-state index contributed by atoms with van der Waals surface area (Å²) in [6.45, 7) is 2.37. The SMILES string of the molecule is COc1cc(OC)c(CNC2=NCCCN2)c(OC)c1. The quantitative estimate of drug-likeness (QED) is 0.846. The molecule has 1 aliphatic heterocycles. The van der Waals surface area contributed by atoms with E-state index in [-0.39, 0.29) is 0 Å². The van der Waals surface area contributed by atoms with Gasteiger partial charge in [0.05, 0.1) is 33.4 Å². The summed E-state index contributed by atoms with van der Waals surface area (Å²) in [5.74, 6) is 2.97. The molecule has 1 aromatic carbocycles. The van der Waals surface area contributed by atoms with E-state index in [0.717, 1.165) is 42.5 Å². The van der Waals surface area contributed by atoms with E-state index < -0.39 is 0 Å². The highest BCUT2D eigenvalue weighted by Gasteiger charge is 2.14. The van der Waals surface area contributed by atoms with Crippen molar-refractivity contribution in [3.8, 4) is 17.2 Å². The second-order valence-corrected chi connectivity index (χ2v) is 4.37. The fourth-order valence-corrected chi connectivity index (χ4v) is 2.08. The van der Waals surface area contributed by atoms with Crippen LogP contribution in [0.25, 0.3) is 0 Å². The van der Waals surface area contributed by atoms with Gasteiger partial charge in [-0.05, 0) is 6.42 Å². The average Bonchev–Trinajstić information content (AvgIpc) is 2.52. The number of methoxy groups -OCH3 is 3. The minimum absolute atomic E-state index is 0.572. The van der Waals surface area contributed by atoms with E-state index in [1.54, 1.807) is 21.3 Å². The van der Waals surface area contributed by atoms with Crippen molar-refractivity contribution in [1.82, 2.24) is 10.6 Å². The van der Waals surface area contributed by atoms with E-state index in [4.69, 9.17) is 14.2 Å². The minimum atomic E-state index is 0.572. The van der Waals surface area contributed by atoms with Crippen LogP contribution in [0.2, 0.25) is 0 Å². The maximum atomic E-state index is 5.41. The van der Waals surface area contributed by atoms with Crippen LogP contribution in [0.1, 0.15) is 12.0 Å². The van der Waals surface area contributed by atoms with Gasteiger partial charge in [-0.2, -0.15) is 0 Å². The lowest BCUT2D eigenvalue weighted by Gasteiger charge is -2.19. The summed E-state index contributed by atoms with van der Waals surface area (Å²) in [5, 5.41) is 6.48. The first kappa shape index (κ1) is 14.3. The molecule has 110 valence electrons. The zero-order valence-electron chi connectivity index (χ0n) is 12.2. The monoisotopic (exact) mass is 279 g/mol. The molecular weight excluding hydrogens is 258 g/mol.